The molecule has 0 bridgehead atoms. The molecule has 1 atom stereocenters. The Morgan fingerprint density at radius 2 is 1.81 bits per heavy atom. The molecule has 0 aliphatic heterocycles. The molecule has 0 spiro atoms. The van der Waals surface area contributed by atoms with Crippen LogP contribution in [-0.4, -0.2) is 7.11 Å². The fraction of sp³-hybridized carbons (Fsp3) is 0.125. The molecule has 3 rings (SSSR count). The molecule has 2 aromatic carbocycles. The average molecular weight is 369 g/mol. The molecular formula is C16H11BrF2OS. The van der Waals surface area contributed by atoms with Crippen LogP contribution < -0.4 is 4.74 Å². The number of alkyl halides is 1. The van der Waals surface area contributed by atoms with Gasteiger partial charge in [0, 0.05) is 22.4 Å². The van der Waals surface area contributed by atoms with Crippen LogP contribution in [-0.2, 0) is 0 Å². The highest BCUT2D eigenvalue weighted by molar-refractivity contribution is 9.09. The Hall–Kier alpha value is -1.46. The highest BCUT2D eigenvalue weighted by atomic mass is 79.9. The quantitative estimate of drug-likeness (QED) is 0.541. The van der Waals surface area contributed by atoms with E-state index in [-0.39, 0.29) is 11.3 Å². The number of halogens is 3. The molecule has 0 saturated carbocycles. The van der Waals surface area contributed by atoms with Gasteiger partial charge in [0.2, 0.25) is 0 Å². The summed E-state index contributed by atoms with van der Waals surface area (Å²) >= 11 is 4.99. The van der Waals surface area contributed by atoms with Gasteiger partial charge in [-0.1, -0.05) is 34.1 Å². The zero-order chi connectivity index (χ0) is 15.0. The van der Waals surface area contributed by atoms with Gasteiger partial charge in [-0.15, -0.1) is 11.3 Å². The Morgan fingerprint density at radius 1 is 1.14 bits per heavy atom. The van der Waals surface area contributed by atoms with E-state index in [0.717, 1.165) is 15.6 Å². The molecular weight excluding hydrogens is 358 g/mol. The first-order valence-electron chi connectivity index (χ1n) is 6.25. The van der Waals surface area contributed by atoms with Crippen molar-refractivity contribution in [2.75, 3.05) is 7.11 Å². The van der Waals surface area contributed by atoms with Crippen LogP contribution in [0.2, 0.25) is 0 Å². The Morgan fingerprint density at radius 3 is 2.48 bits per heavy atom. The van der Waals surface area contributed by atoms with Crippen molar-refractivity contribution in [3.63, 3.8) is 0 Å². The van der Waals surface area contributed by atoms with Gasteiger partial charge in [0.05, 0.1) is 11.9 Å². The summed E-state index contributed by atoms with van der Waals surface area (Å²) < 4.78 is 34.4. The van der Waals surface area contributed by atoms with Gasteiger partial charge < -0.3 is 4.74 Å². The van der Waals surface area contributed by atoms with Gasteiger partial charge in [0.1, 0.15) is 17.4 Å². The third-order valence-electron chi connectivity index (χ3n) is 3.33. The summed E-state index contributed by atoms with van der Waals surface area (Å²) in [6.07, 6.45) is 0. The van der Waals surface area contributed by atoms with Gasteiger partial charge in [0.15, 0.2) is 0 Å². The Bertz CT molecular complexity index is 777. The monoisotopic (exact) mass is 368 g/mol. The zero-order valence-electron chi connectivity index (χ0n) is 11.1. The number of hydrogen-bond acceptors (Lipinski definition) is 2. The highest BCUT2D eigenvalue weighted by Crippen LogP contribution is 2.41. The molecule has 0 N–H and O–H groups in total. The van der Waals surface area contributed by atoms with Gasteiger partial charge in [-0.2, -0.15) is 0 Å². The molecule has 0 saturated heterocycles. The summed E-state index contributed by atoms with van der Waals surface area (Å²) in [5.41, 5.74) is 0.859. The first kappa shape index (κ1) is 14.5. The molecule has 0 amide bonds. The molecule has 3 aromatic rings. The molecule has 1 heterocycles. The number of ether oxygens (including phenoxy) is 1. The predicted octanol–water partition coefficient (Wildman–Crippen LogP) is 5.67. The van der Waals surface area contributed by atoms with Gasteiger partial charge in [-0.3, -0.25) is 0 Å². The molecule has 0 aliphatic rings. The Kier molecular flexibility index (Phi) is 3.95. The molecule has 0 aliphatic carbocycles. The SMILES string of the molecule is COc1cc(F)c(C(Br)c2csc3ccccc23)c(F)c1. The molecule has 0 radical (unpaired) electrons. The van der Waals surface area contributed by atoms with E-state index in [4.69, 9.17) is 4.74 Å². The van der Waals surface area contributed by atoms with E-state index in [1.807, 2.05) is 29.6 Å². The van der Waals surface area contributed by atoms with E-state index in [1.165, 1.54) is 19.2 Å². The summed E-state index contributed by atoms with van der Waals surface area (Å²) in [6.45, 7) is 0. The summed E-state index contributed by atoms with van der Waals surface area (Å²) in [6, 6.07) is 10.2. The summed E-state index contributed by atoms with van der Waals surface area (Å²) in [4.78, 5) is -0.542. The van der Waals surface area contributed by atoms with Crippen LogP contribution in [0.15, 0.2) is 41.8 Å². The van der Waals surface area contributed by atoms with Crippen molar-refractivity contribution in [2.45, 2.75) is 4.83 Å². The van der Waals surface area contributed by atoms with Gasteiger partial charge in [-0.25, -0.2) is 8.78 Å². The molecule has 1 nitrogen and oxygen atoms in total. The van der Waals surface area contributed by atoms with Gasteiger partial charge >= 0.3 is 0 Å². The van der Waals surface area contributed by atoms with Gasteiger partial charge in [-0.05, 0) is 22.4 Å². The molecule has 1 unspecified atom stereocenters. The topological polar surface area (TPSA) is 9.23 Å². The maximum Gasteiger partial charge on any atom is 0.134 e. The van der Waals surface area contributed by atoms with Crippen molar-refractivity contribution in [2.24, 2.45) is 0 Å². The lowest BCUT2D eigenvalue weighted by molar-refractivity contribution is 0.405. The van der Waals surface area contributed by atoms with Crippen LogP contribution in [0.5, 0.6) is 5.75 Å². The third kappa shape index (κ3) is 2.56. The second kappa shape index (κ2) is 5.73. The molecule has 0 fully saturated rings. The predicted molar refractivity (Wildman–Crippen MR) is 85.5 cm³/mol. The van der Waals surface area contributed by atoms with E-state index < -0.39 is 16.5 Å². The minimum absolute atomic E-state index is 0.000599. The molecule has 5 heteroatoms. The number of rotatable bonds is 3. The van der Waals surface area contributed by atoms with Crippen LogP contribution in [0, 0.1) is 11.6 Å². The molecule has 108 valence electrons. The Balaban J connectivity index is 2.12. The number of fused-ring (bicyclic) bond motifs is 1. The van der Waals surface area contributed by atoms with Crippen molar-refractivity contribution in [3.05, 3.63) is 64.5 Å². The third-order valence-corrected chi connectivity index (χ3v) is 5.26. The lowest BCUT2D eigenvalue weighted by Gasteiger charge is -2.13. The van der Waals surface area contributed by atoms with E-state index >= 15 is 0 Å². The fourth-order valence-electron chi connectivity index (χ4n) is 2.27. The fourth-order valence-corrected chi connectivity index (χ4v) is 4.25. The van der Waals surface area contributed by atoms with Crippen molar-refractivity contribution >= 4 is 37.4 Å². The minimum atomic E-state index is -0.621. The first-order valence-corrected chi connectivity index (χ1v) is 8.04. The lowest BCUT2D eigenvalue weighted by atomic mass is 10.0. The highest BCUT2D eigenvalue weighted by Gasteiger charge is 2.23. The zero-order valence-corrected chi connectivity index (χ0v) is 13.5. The second-order valence-electron chi connectivity index (χ2n) is 4.55. The van der Waals surface area contributed by atoms with E-state index in [2.05, 4.69) is 15.9 Å². The summed E-state index contributed by atoms with van der Waals surface area (Å²) in [7, 11) is 1.38. The van der Waals surface area contributed by atoms with E-state index in [9.17, 15) is 8.78 Å². The second-order valence-corrected chi connectivity index (χ2v) is 6.38. The minimum Gasteiger partial charge on any atom is -0.497 e. The van der Waals surface area contributed by atoms with E-state index in [1.54, 1.807) is 11.3 Å². The van der Waals surface area contributed by atoms with Crippen molar-refractivity contribution in [3.8, 4) is 5.75 Å². The number of thiophene rings is 1. The normalized spacial score (nSPS) is 12.6. The Labute approximate surface area is 133 Å². The van der Waals surface area contributed by atoms with Crippen LogP contribution >= 0.6 is 27.3 Å². The van der Waals surface area contributed by atoms with Crippen molar-refractivity contribution in [1.29, 1.82) is 0 Å². The van der Waals surface area contributed by atoms with Crippen LogP contribution in [0.1, 0.15) is 16.0 Å². The first-order chi connectivity index (χ1) is 10.1. The maximum absolute atomic E-state index is 14.2. The summed E-state index contributed by atoms with van der Waals surface area (Å²) in [5.74, 6) is -1.07. The van der Waals surface area contributed by atoms with Crippen LogP contribution in [0.25, 0.3) is 10.1 Å². The molecule has 21 heavy (non-hydrogen) atoms. The van der Waals surface area contributed by atoms with Crippen molar-refractivity contribution < 1.29 is 13.5 Å². The maximum atomic E-state index is 14.2. The largest absolute Gasteiger partial charge is 0.497 e. The standard InChI is InChI=1S/C16H11BrF2OS/c1-20-9-6-12(18)15(13(19)7-9)16(17)11-8-21-14-5-3-2-4-10(11)14/h2-8,16H,1H3. The number of benzene rings is 2. The molecule has 1 aromatic heterocycles. The number of hydrogen-bond donors (Lipinski definition) is 0. The van der Waals surface area contributed by atoms with Crippen LogP contribution in [0.4, 0.5) is 8.78 Å². The average Bonchev–Trinajstić information content (AvgIpc) is 2.90. The smallest absolute Gasteiger partial charge is 0.134 e. The van der Waals surface area contributed by atoms with Crippen LogP contribution in [0.3, 0.4) is 0 Å². The van der Waals surface area contributed by atoms with Crippen molar-refractivity contribution in [1.82, 2.24) is 0 Å². The number of methoxy groups -OCH3 is 1. The van der Waals surface area contributed by atoms with E-state index in [0.29, 0.717) is 0 Å². The lowest BCUT2D eigenvalue weighted by Crippen LogP contribution is -2.01. The van der Waals surface area contributed by atoms with Gasteiger partial charge in [0.25, 0.3) is 0 Å². The summed E-state index contributed by atoms with van der Waals surface area (Å²) in [5, 5.41) is 2.92.